The van der Waals surface area contributed by atoms with Gasteiger partial charge in [0.15, 0.2) is 0 Å². The molecule has 382 valence electrons. The lowest BCUT2D eigenvalue weighted by Gasteiger charge is -2.44. The van der Waals surface area contributed by atoms with Crippen molar-refractivity contribution in [3.05, 3.63) is 227 Å². The summed E-state index contributed by atoms with van der Waals surface area (Å²) >= 11 is 1.97. The van der Waals surface area contributed by atoms with Crippen LogP contribution in [0.1, 0.15) is 101 Å². The van der Waals surface area contributed by atoms with Gasteiger partial charge in [-0.2, -0.15) is 0 Å². The predicted molar refractivity (Wildman–Crippen MR) is 336 cm³/mol. The van der Waals surface area contributed by atoms with Crippen molar-refractivity contribution in [2.45, 2.75) is 106 Å². The molecular formula is C72H70BN3S. The Morgan fingerprint density at radius 3 is 1.39 bits per heavy atom. The Hall–Kier alpha value is -7.60. The van der Waals surface area contributed by atoms with Crippen LogP contribution in [0.25, 0.3) is 32.3 Å². The van der Waals surface area contributed by atoms with Crippen LogP contribution in [0.15, 0.2) is 188 Å². The molecule has 12 rings (SSSR count). The van der Waals surface area contributed by atoms with E-state index in [9.17, 15) is 0 Å². The third kappa shape index (κ3) is 8.59. The van der Waals surface area contributed by atoms with E-state index in [-0.39, 0.29) is 23.0 Å². The van der Waals surface area contributed by atoms with E-state index in [1.54, 1.807) is 0 Å². The van der Waals surface area contributed by atoms with Crippen LogP contribution in [0.5, 0.6) is 0 Å². The molecule has 1 aromatic heterocycles. The number of hydrogen-bond donors (Lipinski definition) is 0. The maximum Gasteiger partial charge on any atom is 0.264 e. The average Bonchev–Trinajstić information content (AvgIpc) is 3.85. The number of anilines is 9. The van der Waals surface area contributed by atoms with E-state index in [0.717, 1.165) is 17.1 Å². The van der Waals surface area contributed by atoms with Crippen molar-refractivity contribution >= 4 is 95.0 Å². The molecule has 2 aliphatic rings. The Labute approximate surface area is 462 Å². The zero-order valence-electron chi connectivity index (χ0n) is 47.2. The molecule has 3 heterocycles. The molecule has 0 saturated carbocycles. The van der Waals surface area contributed by atoms with Crippen molar-refractivity contribution in [2.75, 3.05) is 14.7 Å². The highest BCUT2D eigenvalue weighted by Gasteiger charge is 2.47. The van der Waals surface area contributed by atoms with E-state index in [0.29, 0.717) is 0 Å². The monoisotopic (exact) mass is 1020 g/mol. The van der Waals surface area contributed by atoms with Gasteiger partial charge in [0.25, 0.3) is 6.71 Å². The molecule has 77 heavy (non-hydrogen) atoms. The van der Waals surface area contributed by atoms with Gasteiger partial charge in [0.05, 0.1) is 22.7 Å². The van der Waals surface area contributed by atoms with Crippen molar-refractivity contribution in [1.29, 1.82) is 0 Å². The summed E-state index contributed by atoms with van der Waals surface area (Å²) in [7, 11) is 0. The Kier molecular flexibility index (Phi) is 12.1. The highest BCUT2D eigenvalue weighted by atomic mass is 32.1. The first-order valence-electron chi connectivity index (χ1n) is 27.5. The van der Waals surface area contributed by atoms with Gasteiger partial charge >= 0.3 is 0 Å². The second-order valence-electron chi connectivity index (χ2n) is 24.9. The summed E-state index contributed by atoms with van der Waals surface area (Å²) in [6, 6.07) is 72.0. The molecule has 0 bridgehead atoms. The maximum absolute atomic E-state index is 2.64. The smallest absolute Gasteiger partial charge is 0.264 e. The van der Waals surface area contributed by atoms with Gasteiger partial charge in [0.1, 0.15) is 0 Å². The van der Waals surface area contributed by atoms with Crippen LogP contribution in [0.4, 0.5) is 51.2 Å². The van der Waals surface area contributed by atoms with Crippen LogP contribution >= 0.6 is 11.3 Å². The molecule has 5 heteroatoms. The lowest BCUT2D eigenvalue weighted by Crippen LogP contribution is -2.60. The summed E-state index contributed by atoms with van der Waals surface area (Å²) in [5, 5.41) is 1.30. The Morgan fingerprint density at radius 1 is 0.416 bits per heavy atom. The summed E-state index contributed by atoms with van der Waals surface area (Å²) in [6.07, 6.45) is 0. The minimum Gasteiger partial charge on any atom is -0.311 e. The highest BCUT2D eigenvalue weighted by molar-refractivity contribution is 7.33. The van der Waals surface area contributed by atoms with Crippen LogP contribution < -0.4 is 30.4 Å². The number of thiophene rings is 1. The molecular weight excluding hydrogens is 950 g/mol. The summed E-state index contributed by atoms with van der Waals surface area (Å²) in [4.78, 5) is 7.85. The van der Waals surface area contributed by atoms with E-state index in [1.165, 1.54) is 121 Å². The third-order valence-electron chi connectivity index (χ3n) is 16.4. The van der Waals surface area contributed by atoms with Gasteiger partial charge < -0.3 is 14.7 Å². The van der Waals surface area contributed by atoms with Crippen molar-refractivity contribution < 1.29 is 0 Å². The highest BCUT2D eigenvalue weighted by Crippen LogP contribution is 2.53. The number of fused-ring (bicyclic) bond motifs is 6. The number of rotatable bonds is 7. The first kappa shape index (κ1) is 50.2. The Bertz CT molecular complexity index is 3810. The molecule has 0 spiro atoms. The normalized spacial score (nSPS) is 13.2. The SMILES string of the molecule is Cc1cccc(C)c1N(c1cc2c(cc1-c1ccccc1)B1c3sc4ccc(C(C)(C)C)cc4c3N(c3ccc(C(C)(C)C)cc3)c3cc(-c4ccccc4)cc(c31)N2c1ccc(C(C)(C)C)cc1)c1c(C)cccc1C. The number of para-hydroxylation sites is 2. The topological polar surface area (TPSA) is 9.72 Å². The van der Waals surface area contributed by atoms with Crippen molar-refractivity contribution in [2.24, 2.45) is 0 Å². The van der Waals surface area contributed by atoms with E-state index < -0.39 is 0 Å². The molecule has 3 nitrogen and oxygen atoms in total. The molecule has 9 aromatic carbocycles. The summed E-state index contributed by atoms with van der Waals surface area (Å²) in [6.45, 7) is 29.9. The van der Waals surface area contributed by atoms with Gasteiger partial charge in [0.2, 0.25) is 0 Å². The molecule has 0 fully saturated rings. The predicted octanol–water partition coefficient (Wildman–Crippen LogP) is 18.9. The quantitative estimate of drug-likeness (QED) is 0.147. The number of hydrogen-bond acceptors (Lipinski definition) is 4. The first-order valence-corrected chi connectivity index (χ1v) is 28.4. The summed E-state index contributed by atoms with van der Waals surface area (Å²) in [5.74, 6) is 0. The van der Waals surface area contributed by atoms with E-state index in [4.69, 9.17) is 0 Å². The number of nitrogens with zero attached hydrogens (tertiary/aromatic N) is 3. The molecule has 0 atom stereocenters. The molecule has 10 aromatic rings. The van der Waals surface area contributed by atoms with Crippen molar-refractivity contribution in [3.63, 3.8) is 0 Å². The Balaban J connectivity index is 1.26. The fourth-order valence-electron chi connectivity index (χ4n) is 12.2. The minimum absolute atomic E-state index is 0.00716. The van der Waals surface area contributed by atoms with Crippen LogP contribution in [-0.4, -0.2) is 6.71 Å². The minimum atomic E-state index is -0.0918. The van der Waals surface area contributed by atoms with E-state index in [2.05, 4.69) is 293 Å². The van der Waals surface area contributed by atoms with Gasteiger partial charge in [-0.1, -0.05) is 196 Å². The molecule has 0 saturated heterocycles. The lowest BCUT2D eigenvalue weighted by molar-refractivity contribution is 0.590. The van der Waals surface area contributed by atoms with Gasteiger partial charge in [-0.15, -0.1) is 11.3 Å². The summed E-state index contributed by atoms with van der Waals surface area (Å²) in [5.41, 5.74) is 26.9. The van der Waals surface area contributed by atoms with Crippen molar-refractivity contribution in [3.8, 4) is 22.3 Å². The number of benzene rings is 9. The zero-order valence-corrected chi connectivity index (χ0v) is 48.0. The van der Waals surface area contributed by atoms with Gasteiger partial charge in [0, 0.05) is 48.9 Å². The second kappa shape index (κ2) is 18.6. The Morgan fingerprint density at radius 2 is 0.883 bits per heavy atom. The van der Waals surface area contributed by atoms with Crippen LogP contribution in [0.2, 0.25) is 0 Å². The van der Waals surface area contributed by atoms with Crippen LogP contribution in [0.3, 0.4) is 0 Å². The standard InChI is InChI=1S/C72H70BN3S/c1-45-22-20-23-46(2)66(45)76(67-47(3)24-21-25-48(67)4)60-44-61-59(43-57(60)50-28-18-15-19-29-50)73-65-62(74(61)55-35-30-52(31-36-55)70(5,6)7)40-51(49-26-16-14-17-27-49)41-63(65)75(56-37-32-53(33-38-56)71(8,9)10)68-58-42-54(72(11,12)13)34-39-64(58)77-69(68)73/h14-44H,1-13H3. The first-order chi connectivity index (χ1) is 36.8. The largest absolute Gasteiger partial charge is 0.311 e. The number of aryl methyl sites for hydroxylation is 4. The zero-order chi connectivity index (χ0) is 53.9. The van der Waals surface area contributed by atoms with Gasteiger partial charge in [-0.25, -0.2) is 0 Å². The molecule has 0 radical (unpaired) electrons. The van der Waals surface area contributed by atoms with Crippen LogP contribution in [-0.2, 0) is 16.2 Å². The van der Waals surface area contributed by atoms with E-state index in [1.807, 2.05) is 11.3 Å². The van der Waals surface area contributed by atoms with Gasteiger partial charge in [-0.3, -0.25) is 0 Å². The molecule has 0 N–H and O–H groups in total. The molecule has 0 amide bonds. The fraction of sp³-hybridized carbons (Fsp3) is 0.222. The molecule has 0 unspecified atom stereocenters. The molecule has 0 aliphatic carbocycles. The summed E-state index contributed by atoms with van der Waals surface area (Å²) < 4.78 is 2.67. The van der Waals surface area contributed by atoms with Gasteiger partial charge in [-0.05, 0) is 165 Å². The van der Waals surface area contributed by atoms with Crippen LogP contribution in [0, 0.1) is 27.7 Å². The lowest BCUT2D eigenvalue weighted by atomic mass is 9.36. The molecule has 2 aliphatic heterocycles. The van der Waals surface area contributed by atoms with E-state index >= 15 is 0 Å². The fourth-order valence-corrected chi connectivity index (χ4v) is 13.5. The third-order valence-corrected chi connectivity index (χ3v) is 17.6. The maximum atomic E-state index is 2.64. The van der Waals surface area contributed by atoms with Crippen molar-refractivity contribution in [1.82, 2.24) is 0 Å². The second-order valence-corrected chi connectivity index (χ2v) is 26.0. The average molecular weight is 1020 g/mol.